The third-order valence-corrected chi connectivity index (χ3v) is 6.70. The highest BCUT2D eigenvalue weighted by atomic mass is 16.6. The van der Waals surface area contributed by atoms with E-state index in [9.17, 15) is 14.4 Å². The van der Waals surface area contributed by atoms with Gasteiger partial charge in [0.15, 0.2) is 5.78 Å². The van der Waals surface area contributed by atoms with E-state index in [4.69, 9.17) is 9.47 Å². The van der Waals surface area contributed by atoms with Gasteiger partial charge >= 0.3 is 12.2 Å². The van der Waals surface area contributed by atoms with E-state index in [-0.39, 0.29) is 24.9 Å². The normalized spacial score (nSPS) is 12.9. The van der Waals surface area contributed by atoms with Crippen LogP contribution in [0.25, 0.3) is 10.9 Å². The summed E-state index contributed by atoms with van der Waals surface area (Å²) >= 11 is 0. The van der Waals surface area contributed by atoms with Crippen LogP contribution in [-0.4, -0.2) is 40.6 Å². The smallest absolute Gasteiger partial charge is 0.408 e. The van der Waals surface area contributed by atoms with Gasteiger partial charge in [-0.25, -0.2) is 9.59 Å². The Balaban J connectivity index is 1.45. The van der Waals surface area contributed by atoms with Gasteiger partial charge < -0.3 is 25.1 Å². The Morgan fingerprint density at radius 3 is 2.16 bits per heavy atom. The molecule has 43 heavy (non-hydrogen) atoms. The van der Waals surface area contributed by atoms with Crippen molar-refractivity contribution in [3.8, 4) is 0 Å². The predicted octanol–water partition coefficient (Wildman–Crippen LogP) is 6.66. The summed E-state index contributed by atoms with van der Waals surface area (Å²) in [5.41, 5.74) is 3.08. The van der Waals surface area contributed by atoms with E-state index in [2.05, 4.69) is 15.6 Å². The summed E-state index contributed by atoms with van der Waals surface area (Å²) in [6.07, 6.45) is 5.06. The van der Waals surface area contributed by atoms with Gasteiger partial charge in [0.05, 0.1) is 6.04 Å². The van der Waals surface area contributed by atoms with Gasteiger partial charge in [0.1, 0.15) is 12.2 Å². The average molecular weight is 582 g/mol. The van der Waals surface area contributed by atoms with Crippen LogP contribution in [0, 0.1) is 0 Å². The second-order valence-electron chi connectivity index (χ2n) is 11.4. The number of para-hydroxylation sites is 1. The minimum Gasteiger partial charge on any atom is -0.445 e. The van der Waals surface area contributed by atoms with Crippen LogP contribution in [0.3, 0.4) is 0 Å². The number of benzene rings is 3. The minimum atomic E-state index is -0.846. The fourth-order valence-corrected chi connectivity index (χ4v) is 4.68. The fourth-order valence-electron chi connectivity index (χ4n) is 4.68. The zero-order chi connectivity index (χ0) is 30.7. The van der Waals surface area contributed by atoms with E-state index in [0.29, 0.717) is 12.8 Å². The number of H-pyrrole nitrogens is 1. The number of aromatic nitrogens is 1. The molecular formula is C35H39N3O5. The van der Waals surface area contributed by atoms with E-state index < -0.39 is 23.8 Å². The molecule has 0 bridgehead atoms. The number of nitrogens with one attached hydrogen (secondary N) is 3. The Bertz CT molecular complexity index is 1520. The molecule has 0 radical (unpaired) electrons. The molecule has 3 N–H and O–H groups in total. The van der Waals surface area contributed by atoms with Crippen molar-refractivity contribution >= 4 is 28.9 Å². The third-order valence-electron chi connectivity index (χ3n) is 6.70. The summed E-state index contributed by atoms with van der Waals surface area (Å²) in [4.78, 5) is 42.0. The minimum absolute atomic E-state index is 0.158. The number of carbonyl (C=O) groups is 3. The number of amides is 2. The van der Waals surface area contributed by atoms with Crippen LogP contribution in [0.2, 0.25) is 0 Å². The Kier molecular flexibility index (Phi) is 10.7. The second kappa shape index (κ2) is 14.9. The molecule has 0 aliphatic carbocycles. The molecule has 3 aromatic carbocycles. The number of hydrogen-bond donors (Lipinski definition) is 3. The number of ketones is 1. The number of fused-ring (bicyclic) bond motifs is 1. The number of alkyl carbamates (subject to hydrolysis) is 2. The first-order valence-corrected chi connectivity index (χ1v) is 14.4. The molecule has 0 aliphatic rings. The SMILES string of the molecule is CC(C)(C)OC(=O)N[C@H](Cc1c[nH]c2ccccc12)C(=O)/C=C/C[C@H](Cc1ccccc1)NC(=O)OCc1ccccc1. The van der Waals surface area contributed by atoms with E-state index in [1.165, 1.54) is 6.08 Å². The van der Waals surface area contributed by atoms with Crippen LogP contribution in [0.15, 0.2) is 103 Å². The molecule has 8 nitrogen and oxygen atoms in total. The van der Waals surface area contributed by atoms with Gasteiger partial charge in [-0.15, -0.1) is 0 Å². The first-order chi connectivity index (χ1) is 20.7. The molecule has 224 valence electrons. The summed E-state index contributed by atoms with van der Waals surface area (Å²) in [6.45, 7) is 5.47. The lowest BCUT2D eigenvalue weighted by Crippen LogP contribution is -2.44. The molecule has 4 rings (SSSR count). The molecule has 4 aromatic rings. The van der Waals surface area contributed by atoms with Gasteiger partial charge in [0.25, 0.3) is 0 Å². The number of ether oxygens (including phenoxy) is 2. The lowest BCUT2D eigenvalue weighted by molar-refractivity contribution is -0.116. The highest BCUT2D eigenvalue weighted by Gasteiger charge is 2.24. The summed E-state index contributed by atoms with van der Waals surface area (Å²) in [6, 6.07) is 25.9. The van der Waals surface area contributed by atoms with Crippen LogP contribution in [0.5, 0.6) is 0 Å². The Morgan fingerprint density at radius 1 is 0.814 bits per heavy atom. The Morgan fingerprint density at radius 2 is 1.47 bits per heavy atom. The van der Waals surface area contributed by atoms with Crippen LogP contribution in [-0.2, 0) is 33.7 Å². The molecule has 0 spiro atoms. The van der Waals surface area contributed by atoms with Crippen molar-refractivity contribution in [2.24, 2.45) is 0 Å². The molecule has 0 aliphatic heterocycles. The van der Waals surface area contributed by atoms with Gasteiger partial charge in [-0.3, -0.25) is 4.79 Å². The van der Waals surface area contributed by atoms with Gasteiger partial charge in [0.2, 0.25) is 0 Å². The van der Waals surface area contributed by atoms with Crippen molar-refractivity contribution in [1.82, 2.24) is 15.6 Å². The van der Waals surface area contributed by atoms with Gasteiger partial charge in [-0.1, -0.05) is 84.9 Å². The van der Waals surface area contributed by atoms with E-state index in [0.717, 1.165) is 27.6 Å². The van der Waals surface area contributed by atoms with Gasteiger partial charge in [-0.2, -0.15) is 0 Å². The van der Waals surface area contributed by atoms with Crippen LogP contribution < -0.4 is 10.6 Å². The lowest BCUT2D eigenvalue weighted by Gasteiger charge is -2.22. The summed E-state index contributed by atoms with van der Waals surface area (Å²) in [7, 11) is 0. The third kappa shape index (κ3) is 10.2. The molecule has 0 saturated heterocycles. The first-order valence-electron chi connectivity index (χ1n) is 14.4. The van der Waals surface area contributed by atoms with Crippen molar-refractivity contribution in [2.75, 3.05) is 0 Å². The van der Waals surface area contributed by atoms with Gasteiger partial charge in [-0.05, 0) is 62.4 Å². The molecule has 1 heterocycles. The molecule has 0 unspecified atom stereocenters. The van der Waals surface area contributed by atoms with Crippen molar-refractivity contribution in [3.05, 3.63) is 120 Å². The van der Waals surface area contributed by atoms with Crippen LogP contribution in [0.4, 0.5) is 9.59 Å². The maximum absolute atomic E-state index is 13.4. The molecule has 8 heteroatoms. The number of rotatable bonds is 12. The summed E-state index contributed by atoms with van der Waals surface area (Å²) in [5, 5.41) is 6.67. The Hall–Kier alpha value is -4.85. The Labute approximate surface area is 252 Å². The van der Waals surface area contributed by atoms with Gasteiger partial charge in [0, 0.05) is 29.6 Å². The maximum Gasteiger partial charge on any atom is 0.408 e. The molecular weight excluding hydrogens is 542 g/mol. The van der Waals surface area contributed by atoms with Crippen molar-refractivity contribution in [3.63, 3.8) is 0 Å². The maximum atomic E-state index is 13.4. The molecule has 0 saturated carbocycles. The van der Waals surface area contributed by atoms with Crippen LogP contribution in [0.1, 0.15) is 43.9 Å². The van der Waals surface area contributed by atoms with E-state index >= 15 is 0 Å². The molecule has 1 aromatic heterocycles. The number of hydrogen-bond acceptors (Lipinski definition) is 5. The largest absolute Gasteiger partial charge is 0.445 e. The topological polar surface area (TPSA) is 110 Å². The fraction of sp³-hybridized carbons (Fsp3) is 0.286. The van der Waals surface area contributed by atoms with E-state index in [1.807, 2.05) is 91.1 Å². The molecule has 2 amide bonds. The van der Waals surface area contributed by atoms with E-state index in [1.54, 1.807) is 26.8 Å². The standard InChI is InChI=1S/C35H39N3O5/c1-35(2,3)43-34(41)38-31(22-27-23-36-30-19-11-10-18-29(27)30)32(39)20-12-17-28(21-25-13-6-4-7-14-25)37-33(40)42-24-26-15-8-5-9-16-26/h4-16,18-20,23,28,31,36H,17,21-22,24H2,1-3H3,(H,37,40)(H,38,41)/b20-12+/t28-,31-/m1/s1. The quantitative estimate of drug-likeness (QED) is 0.162. The van der Waals surface area contributed by atoms with Crippen molar-refractivity contribution in [2.45, 2.75) is 64.3 Å². The number of carbonyl (C=O) groups excluding carboxylic acids is 3. The number of aromatic amines is 1. The van der Waals surface area contributed by atoms with Crippen molar-refractivity contribution in [1.29, 1.82) is 0 Å². The van der Waals surface area contributed by atoms with Crippen molar-refractivity contribution < 1.29 is 23.9 Å². The zero-order valence-corrected chi connectivity index (χ0v) is 24.8. The summed E-state index contributed by atoms with van der Waals surface area (Å²) < 4.78 is 10.9. The first kappa shape index (κ1) is 31.1. The second-order valence-corrected chi connectivity index (χ2v) is 11.4. The molecule has 0 fully saturated rings. The monoisotopic (exact) mass is 581 g/mol. The molecule has 2 atom stereocenters. The lowest BCUT2D eigenvalue weighted by atomic mass is 10.00. The highest BCUT2D eigenvalue weighted by Crippen LogP contribution is 2.20. The van der Waals surface area contributed by atoms with Crippen LogP contribution >= 0.6 is 0 Å². The average Bonchev–Trinajstić information content (AvgIpc) is 3.38. The predicted molar refractivity (Wildman–Crippen MR) is 168 cm³/mol. The highest BCUT2D eigenvalue weighted by molar-refractivity contribution is 5.97. The summed E-state index contributed by atoms with van der Waals surface area (Å²) in [5.74, 6) is -0.277. The zero-order valence-electron chi connectivity index (χ0n) is 24.8.